The summed E-state index contributed by atoms with van der Waals surface area (Å²) in [6, 6.07) is 4.48. The van der Waals surface area contributed by atoms with Crippen LogP contribution in [0.25, 0.3) is 0 Å². The molecule has 1 aromatic carbocycles. The van der Waals surface area contributed by atoms with Crippen molar-refractivity contribution in [3.05, 3.63) is 28.5 Å². The van der Waals surface area contributed by atoms with E-state index in [2.05, 4.69) is 21.2 Å². The van der Waals surface area contributed by atoms with Crippen LogP contribution in [0.5, 0.6) is 5.75 Å². The summed E-state index contributed by atoms with van der Waals surface area (Å²) in [6.45, 7) is 2.69. The molecule has 1 aromatic rings. The van der Waals surface area contributed by atoms with Gasteiger partial charge in [0.2, 0.25) is 0 Å². The summed E-state index contributed by atoms with van der Waals surface area (Å²) >= 11 is 3.33. The van der Waals surface area contributed by atoms with Gasteiger partial charge in [0.25, 0.3) is 0 Å². The smallest absolute Gasteiger partial charge is 0.136 e. The molecule has 0 radical (unpaired) electrons. The second-order valence-electron chi connectivity index (χ2n) is 3.74. The molecule has 15 heavy (non-hydrogen) atoms. The first-order valence-corrected chi connectivity index (χ1v) is 5.83. The number of nitrogens with one attached hydrogen (secondary N) is 1. The van der Waals surface area contributed by atoms with Crippen molar-refractivity contribution in [3.8, 4) is 5.75 Å². The molecule has 1 saturated heterocycles. The van der Waals surface area contributed by atoms with E-state index in [-0.39, 0.29) is 5.82 Å². The lowest BCUT2D eigenvalue weighted by molar-refractivity contribution is 0.257. The van der Waals surface area contributed by atoms with E-state index in [1.807, 2.05) is 0 Å². The number of ether oxygens (including phenoxy) is 1. The first kappa shape index (κ1) is 10.9. The standard InChI is InChI=1S/C11H13BrFNO/c12-10-2-1-9(13)5-11(10)15-7-8-3-4-14-6-8/h1-2,5,8,14H,3-4,6-7H2. The van der Waals surface area contributed by atoms with E-state index in [1.54, 1.807) is 6.07 Å². The molecule has 4 heteroatoms. The Bertz CT molecular complexity index is 339. The fraction of sp³-hybridized carbons (Fsp3) is 0.455. The summed E-state index contributed by atoms with van der Waals surface area (Å²) < 4.78 is 19.3. The topological polar surface area (TPSA) is 21.3 Å². The van der Waals surface area contributed by atoms with Crippen molar-refractivity contribution in [2.45, 2.75) is 6.42 Å². The van der Waals surface area contributed by atoms with Gasteiger partial charge >= 0.3 is 0 Å². The molecule has 1 aliphatic heterocycles. The Morgan fingerprint density at radius 1 is 1.53 bits per heavy atom. The van der Waals surface area contributed by atoms with Crippen molar-refractivity contribution in [2.75, 3.05) is 19.7 Å². The zero-order chi connectivity index (χ0) is 10.7. The maximum atomic E-state index is 12.9. The third-order valence-electron chi connectivity index (χ3n) is 2.53. The molecular weight excluding hydrogens is 261 g/mol. The quantitative estimate of drug-likeness (QED) is 0.914. The normalized spacial score (nSPS) is 20.5. The summed E-state index contributed by atoms with van der Waals surface area (Å²) in [5, 5.41) is 3.27. The summed E-state index contributed by atoms with van der Waals surface area (Å²) in [6.07, 6.45) is 1.13. The average Bonchev–Trinajstić information content (AvgIpc) is 2.72. The second kappa shape index (κ2) is 4.94. The molecule has 1 aliphatic rings. The minimum absolute atomic E-state index is 0.266. The van der Waals surface area contributed by atoms with Gasteiger partial charge in [-0.3, -0.25) is 0 Å². The van der Waals surface area contributed by atoms with E-state index in [0.29, 0.717) is 18.3 Å². The van der Waals surface area contributed by atoms with Gasteiger partial charge in [-0.1, -0.05) is 0 Å². The van der Waals surface area contributed by atoms with Gasteiger partial charge in [0, 0.05) is 18.5 Å². The molecule has 0 amide bonds. The molecule has 1 N–H and O–H groups in total. The van der Waals surface area contributed by atoms with Crippen molar-refractivity contribution in [1.82, 2.24) is 5.32 Å². The Labute approximate surface area is 96.9 Å². The third kappa shape index (κ3) is 2.92. The van der Waals surface area contributed by atoms with Crippen LogP contribution in [0.4, 0.5) is 4.39 Å². The van der Waals surface area contributed by atoms with Gasteiger partial charge in [0.15, 0.2) is 0 Å². The Kier molecular flexibility index (Phi) is 3.59. The third-order valence-corrected chi connectivity index (χ3v) is 3.19. The summed E-state index contributed by atoms with van der Waals surface area (Å²) in [5.41, 5.74) is 0. The second-order valence-corrected chi connectivity index (χ2v) is 4.60. The predicted octanol–water partition coefficient (Wildman–Crippen LogP) is 2.58. The maximum absolute atomic E-state index is 12.9. The molecular formula is C11H13BrFNO. The van der Waals surface area contributed by atoms with E-state index in [4.69, 9.17) is 4.74 Å². The van der Waals surface area contributed by atoms with E-state index in [1.165, 1.54) is 12.1 Å². The van der Waals surface area contributed by atoms with Gasteiger partial charge in [-0.15, -0.1) is 0 Å². The van der Waals surface area contributed by atoms with Crippen LogP contribution in [0, 0.1) is 11.7 Å². The van der Waals surface area contributed by atoms with Gasteiger partial charge in [0.1, 0.15) is 11.6 Å². The van der Waals surface area contributed by atoms with Crippen molar-refractivity contribution >= 4 is 15.9 Å². The zero-order valence-electron chi connectivity index (χ0n) is 8.30. The molecule has 1 atom stereocenters. The van der Waals surface area contributed by atoms with Crippen LogP contribution in [0.3, 0.4) is 0 Å². The van der Waals surface area contributed by atoms with E-state index >= 15 is 0 Å². The number of hydrogen-bond donors (Lipinski definition) is 1. The fourth-order valence-corrected chi connectivity index (χ4v) is 2.01. The lowest BCUT2D eigenvalue weighted by Gasteiger charge is -2.12. The SMILES string of the molecule is Fc1ccc(Br)c(OCC2CCNC2)c1. The minimum Gasteiger partial charge on any atom is -0.492 e. The average molecular weight is 274 g/mol. The summed E-state index contributed by atoms with van der Waals surface area (Å²) in [4.78, 5) is 0. The van der Waals surface area contributed by atoms with Crippen molar-refractivity contribution in [2.24, 2.45) is 5.92 Å². The van der Waals surface area contributed by atoms with Crippen LogP contribution in [-0.2, 0) is 0 Å². The zero-order valence-corrected chi connectivity index (χ0v) is 9.89. The molecule has 1 fully saturated rings. The lowest BCUT2D eigenvalue weighted by atomic mass is 10.1. The Hall–Kier alpha value is -0.610. The first-order chi connectivity index (χ1) is 7.25. The molecule has 1 unspecified atom stereocenters. The molecule has 0 aliphatic carbocycles. The summed E-state index contributed by atoms with van der Waals surface area (Å²) in [5.74, 6) is 0.861. The predicted molar refractivity (Wildman–Crippen MR) is 60.6 cm³/mol. The highest BCUT2D eigenvalue weighted by atomic mass is 79.9. The Morgan fingerprint density at radius 3 is 3.13 bits per heavy atom. The van der Waals surface area contributed by atoms with Gasteiger partial charge in [-0.05, 0) is 41.0 Å². The van der Waals surface area contributed by atoms with Crippen LogP contribution < -0.4 is 10.1 Å². The Balaban J connectivity index is 1.94. The van der Waals surface area contributed by atoms with Crippen LogP contribution in [-0.4, -0.2) is 19.7 Å². The molecule has 0 aromatic heterocycles. The first-order valence-electron chi connectivity index (χ1n) is 5.04. The number of rotatable bonds is 3. The van der Waals surface area contributed by atoms with Crippen molar-refractivity contribution in [3.63, 3.8) is 0 Å². The Morgan fingerprint density at radius 2 is 2.40 bits per heavy atom. The van der Waals surface area contributed by atoms with E-state index < -0.39 is 0 Å². The van der Waals surface area contributed by atoms with Crippen LogP contribution in [0.15, 0.2) is 22.7 Å². The molecule has 1 heterocycles. The van der Waals surface area contributed by atoms with E-state index in [0.717, 1.165) is 24.0 Å². The van der Waals surface area contributed by atoms with Gasteiger partial charge in [-0.2, -0.15) is 0 Å². The van der Waals surface area contributed by atoms with Crippen LogP contribution >= 0.6 is 15.9 Å². The lowest BCUT2D eigenvalue weighted by Crippen LogP contribution is -2.15. The number of benzene rings is 1. The van der Waals surface area contributed by atoms with Crippen molar-refractivity contribution < 1.29 is 9.13 Å². The number of hydrogen-bond acceptors (Lipinski definition) is 2. The molecule has 0 spiro atoms. The highest BCUT2D eigenvalue weighted by molar-refractivity contribution is 9.10. The maximum Gasteiger partial charge on any atom is 0.136 e. The fourth-order valence-electron chi connectivity index (χ4n) is 1.65. The van der Waals surface area contributed by atoms with E-state index in [9.17, 15) is 4.39 Å². The molecule has 2 rings (SSSR count). The van der Waals surface area contributed by atoms with Gasteiger partial charge in [0.05, 0.1) is 11.1 Å². The molecule has 0 saturated carbocycles. The largest absolute Gasteiger partial charge is 0.492 e. The number of halogens is 2. The molecule has 82 valence electrons. The van der Waals surface area contributed by atoms with Crippen LogP contribution in [0.2, 0.25) is 0 Å². The van der Waals surface area contributed by atoms with Crippen LogP contribution in [0.1, 0.15) is 6.42 Å². The minimum atomic E-state index is -0.266. The monoisotopic (exact) mass is 273 g/mol. The summed E-state index contributed by atoms with van der Waals surface area (Å²) in [7, 11) is 0. The van der Waals surface area contributed by atoms with Gasteiger partial charge < -0.3 is 10.1 Å². The molecule has 2 nitrogen and oxygen atoms in total. The highest BCUT2D eigenvalue weighted by Gasteiger charge is 2.15. The highest BCUT2D eigenvalue weighted by Crippen LogP contribution is 2.26. The van der Waals surface area contributed by atoms with Crippen molar-refractivity contribution in [1.29, 1.82) is 0 Å². The molecule has 0 bridgehead atoms. The van der Waals surface area contributed by atoms with Gasteiger partial charge in [-0.25, -0.2) is 4.39 Å².